The Labute approximate surface area is 136 Å². The lowest BCUT2D eigenvalue weighted by Gasteiger charge is -2.10. The molecule has 0 unspecified atom stereocenters. The summed E-state index contributed by atoms with van der Waals surface area (Å²) < 4.78 is 4.99. The van der Waals surface area contributed by atoms with Gasteiger partial charge in [-0.15, -0.1) is 0 Å². The number of rotatable bonds is 6. The number of carbonyl (C=O) groups is 1. The molecule has 1 aromatic carbocycles. The number of ether oxygens (including phenoxy) is 1. The van der Waals surface area contributed by atoms with Crippen molar-refractivity contribution in [3.63, 3.8) is 0 Å². The number of aryl methyl sites for hydroxylation is 3. The predicted molar refractivity (Wildman–Crippen MR) is 91.0 cm³/mol. The molecule has 0 saturated carbocycles. The number of carbonyl (C=O) groups excluding carboxylic acids is 1. The van der Waals surface area contributed by atoms with Gasteiger partial charge in [0.1, 0.15) is 17.3 Å². The molecule has 6 heteroatoms. The van der Waals surface area contributed by atoms with Crippen LogP contribution in [-0.2, 0) is 4.74 Å². The van der Waals surface area contributed by atoms with Gasteiger partial charge in [-0.1, -0.05) is 6.07 Å². The van der Waals surface area contributed by atoms with Gasteiger partial charge in [0.15, 0.2) is 0 Å². The Kier molecular flexibility index (Phi) is 5.65. The van der Waals surface area contributed by atoms with Crippen LogP contribution in [0.3, 0.4) is 0 Å². The van der Waals surface area contributed by atoms with E-state index in [1.54, 1.807) is 20.1 Å². The minimum absolute atomic E-state index is 0.254. The van der Waals surface area contributed by atoms with Gasteiger partial charge in [-0.2, -0.15) is 0 Å². The SMILES string of the molecule is COCCNc1cc(C(=O)Nc2cc(C)cc(C)c2)nc(C)n1. The van der Waals surface area contributed by atoms with E-state index in [1.165, 1.54) is 0 Å². The van der Waals surface area contributed by atoms with E-state index >= 15 is 0 Å². The molecule has 23 heavy (non-hydrogen) atoms. The second kappa shape index (κ2) is 7.69. The summed E-state index contributed by atoms with van der Waals surface area (Å²) >= 11 is 0. The van der Waals surface area contributed by atoms with E-state index in [0.717, 1.165) is 16.8 Å². The summed E-state index contributed by atoms with van der Waals surface area (Å²) in [6, 6.07) is 7.55. The molecule has 122 valence electrons. The Morgan fingerprint density at radius 2 is 1.78 bits per heavy atom. The quantitative estimate of drug-likeness (QED) is 0.802. The van der Waals surface area contributed by atoms with Crippen molar-refractivity contribution in [3.8, 4) is 0 Å². The van der Waals surface area contributed by atoms with Crippen LogP contribution < -0.4 is 10.6 Å². The van der Waals surface area contributed by atoms with Crippen LogP contribution in [0.15, 0.2) is 24.3 Å². The zero-order valence-corrected chi connectivity index (χ0v) is 13.9. The maximum atomic E-state index is 12.4. The molecule has 0 aliphatic carbocycles. The Bertz CT molecular complexity index is 681. The second-order valence-electron chi connectivity index (χ2n) is 5.44. The lowest BCUT2D eigenvalue weighted by Crippen LogP contribution is -2.17. The van der Waals surface area contributed by atoms with Gasteiger partial charge in [-0.3, -0.25) is 4.79 Å². The smallest absolute Gasteiger partial charge is 0.274 e. The van der Waals surface area contributed by atoms with Gasteiger partial charge < -0.3 is 15.4 Å². The number of methoxy groups -OCH3 is 1. The first-order valence-electron chi connectivity index (χ1n) is 7.46. The molecule has 0 fully saturated rings. The average Bonchev–Trinajstić information content (AvgIpc) is 2.46. The number of aromatic nitrogens is 2. The zero-order chi connectivity index (χ0) is 16.8. The number of nitrogens with one attached hydrogen (secondary N) is 2. The van der Waals surface area contributed by atoms with Gasteiger partial charge in [0.2, 0.25) is 0 Å². The fourth-order valence-electron chi connectivity index (χ4n) is 2.30. The van der Waals surface area contributed by atoms with Crippen molar-refractivity contribution in [3.05, 3.63) is 46.9 Å². The Morgan fingerprint density at radius 1 is 1.09 bits per heavy atom. The fourth-order valence-corrected chi connectivity index (χ4v) is 2.30. The third-order valence-electron chi connectivity index (χ3n) is 3.16. The van der Waals surface area contributed by atoms with Crippen LogP contribution in [-0.4, -0.2) is 36.1 Å². The monoisotopic (exact) mass is 314 g/mol. The molecule has 0 radical (unpaired) electrons. The summed E-state index contributed by atoms with van der Waals surface area (Å²) in [4.78, 5) is 20.9. The molecule has 0 aliphatic heterocycles. The molecule has 6 nitrogen and oxygen atoms in total. The standard InChI is InChI=1S/C17H22N4O2/c1-11-7-12(2)9-14(8-11)21-17(22)15-10-16(18-5-6-23-4)20-13(3)19-15/h7-10H,5-6H2,1-4H3,(H,21,22)(H,18,19,20). The van der Waals surface area contributed by atoms with E-state index in [-0.39, 0.29) is 5.91 Å². The van der Waals surface area contributed by atoms with Crippen molar-refractivity contribution in [1.29, 1.82) is 0 Å². The van der Waals surface area contributed by atoms with E-state index in [4.69, 9.17) is 4.74 Å². The van der Waals surface area contributed by atoms with Gasteiger partial charge in [0, 0.05) is 25.4 Å². The van der Waals surface area contributed by atoms with Crippen LogP contribution >= 0.6 is 0 Å². The van der Waals surface area contributed by atoms with Crippen molar-refractivity contribution in [1.82, 2.24) is 9.97 Å². The van der Waals surface area contributed by atoms with Gasteiger partial charge in [-0.05, 0) is 44.0 Å². The number of hydrogen-bond donors (Lipinski definition) is 2. The molecule has 2 aromatic rings. The van der Waals surface area contributed by atoms with Gasteiger partial charge in [-0.25, -0.2) is 9.97 Å². The molecular weight excluding hydrogens is 292 g/mol. The fraction of sp³-hybridized carbons (Fsp3) is 0.353. The highest BCUT2D eigenvalue weighted by molar-refractivity contribution is 6.03. The second-order valence-corrected chi connectivity index (χ2v) is 5.44. The van der Waals surface area contributed by atoms with Crippen molar-refractivity contribution in [2.24, 2.45) is 0 Å². The van der Waals surface area contributed by atoms with Gasteiger partial charge in [0.05, 0.1) is 6.61 Å². The third-order valence-corrected chi connectivity index (χ3v) is 3.16. The van der Waals surface area contributed by atoms with Gasteiger partial charge in [0.25, 0.3) is 5.91 Å². The highest BCUT2D eigenvalue weighted by Gasteiger charge is 2.11. The van der Waals surface area contributed by atoms with Crippen molar-refractivity contribution in [2.45, 2.75) is 20.8 Å². The number of anilines is 2. The number of nitrogens with zero attached hydrogens (tertiary/aromatic N) is 2. The van der Waals surface area contributed by atoms with Crippen LogP contribution in [0.5, 0.6) is 0 Å². The van der Waals surface area contributed by atoms with Gasteiger partial charge >= 0.3 is 0 Å². The Hall–Kier alpha value is -2.47. The molecule has 0 atom stereocenters. The summed E-state index contributed by atoms with van der Waals surface area (Å²) in [7, 11) is 1.63. The first-order chi connectivity index (χ1) is 11.0. The van der Waals surface area contributed by atoms with Crippen molar-refractivity contribution >= 4 is 17.4 Å². The van der Waals surface area contributed by atoms with Crippen LogP contribution in [0.25, 0.3) is 0 Å². The minimum atomic E-state index is -0.254. The summed E-state index contributed by atoms with van der Waals surface area (Å²) in [5, 5.41) is 5.99. The maximum absolute atomic E-state index is 12.4. The predicted octanol–water partition coefficient (Wildman–Crippen LogP) is 2.71. The van der Waals surface area contributed by atoms with Crippen LogP contribution in [0.4, 0.5) is 11.5 Å². The number of hydrogen-bond acceptors (Lipinski definition) is 5. The number of amides is 1. The first-order valence-corrected chi connectivity index (χ1v) is 7.46. The van der Waals surface area contributed by atoms with E-state index in [0.29, 0.717) is 30.5 Å². The molecule has 1 aromatic heterocycles. The molecule has 1 amide bonds. The highest BCUT2D eigenvalue weighted by Crippen LogP contribution is 2.15. The normalized spacial score (nSPS) is 10.4. The maximum Gasteiger partial charge on any atom is 0.274 e. The van der Waals surface area contributed by atoms with Crippen LogP contribution in [0.1, 0.15) is 27.4 Å². The third kappa shape index (κ3) is 5.03. The molecule has 0 saturated heterocycles. The molecule has 1 heterocycles. The molecular formula is C17H22N4O2. The van der Waals surface area contributed by atoms with Crippen molar-refractivity contribution < 1.29 is 9.53 Å². The van der Waals surface area contributed by atoms with E-state index in [2.05, 4.69) is 26.7 Å². The van der Waals surface area contributed by atoms with E-state index < -0.39 is 0 Å². The van der Waals surface area contributed by atoms with Crippen molar-refractivity contribution in [2.75, 3.05) is 30.9 Å². The average molecular weight is 314 g/mol. The Balaban J connectivity index is 2.14. The summed E-state index contributed by atoms with van der Waals surface area (Å²) in [6.45, 7) is 6.93. The molecule has 0 spiro atoms. The molecule has 0 aliphatic rings. The number of benzene rings is 1. The summed E-state index contributed by atoms with van der Waals surface area (Å²) in [5.74, 6) is 0.897. The zero-order valence-electron chi connectivity index (χ0n) is 13.9. The minimum Gasteiger partial charge on any atom is -0.383 e. The summed E-state index contributed by atoms with van der Waals surface area (Å²) in [6.07, 6.45) is 0. The summed E-state index contributed by atoms with van der Waals surface area (Å²) in [5.41, 5.74) is 3.29. The lowest BCUT2D eigenvalue weighted by molar-refractivity contribution is 0.102. The Morgan fingerprint density at radius 3 is 2.43 bits per heavy atom. The lowest BCUT2D eigenvalue weighted by atomic mass is 10.1. The van der Waals surface area contributed by atoms with Crippen LogP contribution in [0.2, 0.25) is 0 Å². The van der Waals surface area contributed by atoms with E-state index in [9.17, 15) is 4.79 Å². The van der Waals surface area contributed by atoms with E-state index in [1.807, 2.05) is 26.0 Å². The largest absolute Gasteiger partial charge is 0.383 e. The van der Waals surface area contributed by atoms with Crippen LogP contribution in [0, 0.1) is 20.8 Å². The molecule has 2 rings (SSSR count). The first kappa shape index (κ1) is 16.9. The molecule has 0 bridgehead atoms. The molecule has 2 N–H and O–H groups in total. The highest BCUT2D eigenvalue weighted by atomic mass is 16.5. The topological polar surface area (TPSA) is 76.1 Å².